The van der Waals surface area contributed by atoms with Gasteiger partial charge in [0.1, 0.15) is 10.1 Å². The summed E-state index contributed by atoms with van der Waals surface area (Å²) in [7, 11) is 0. The SMILES string of the molecule is CC(C)CCOc1ccc(Br)cc1/C=C1/SC(=S)NC1=O. The van der Waals surface area contributed by atoms with Gasteiger partial charge in [0.15, 0.2) is 0 Å². The zero-order valence-corrected chi connectivity index (χ0v) is 15.0. The van der Waals surface area contributed by atoms with Crippen molar-refractivity contribution >= 4 is 56.2 Å². The topological polar surface area (TPSA) is 38.3 Å². The van der Waals surface area contributed by atoms with E-state index in [1.54, 1.807) is 0 Å². The van der Waals surface area contributed by atoms with Crippen LogP contribution >= 0.6 is 39.9 Å². The molecule has 1 saturated heterocycles. The Morgan fingerprint density at radius 3 is 2.86 bits per heavy atom. The number of nitrogens with one attached hydrogen (secondary N) is 1. The molecule has 1 aromatic rings. The van der Waals surface area contributed by atoms with Gasteiger partial charge in [-0.15, -0.1) is 0 Å². The number of rotatable bonds is 5. The fourth-order valence-electron chi connectivity index (χ4n) is 1.73. The minimum Gasteiger partial charge on any atom is -0.493 e. The summed E-state index contributed by atoms with van der Waals surface area (Å²) in [5.41, 5.74) is 0.871. The van der Waals surface area contributed by atoms with E-state index < -0.39 is 0 Å². The van der Waals surface area contributed by atoms with E-state index in [2.05, 4.69) is 35.1 Å². The molecule has 0 radical (unpaired) electrons. The molecule has 1 aromatic carbocycles. The van der Waals surface area contributed by atoms with Crippen LogP contribution in [0.2, 0.25) is 0 Å². The Labute approximate surface area is 142 Å². The standard InChI is InChI=1S/C15H16BrNO2S2/c1-9(2)5-6-19-12-4-3-11(16)7-10(12)8-13-14(18)17-15(20)21-13/h3-4,7-9H,5-6H2,1-2H3,(H,17,18,20)/b13-8+. The van der Waals surface area contributed by atoms with Crippen LogP contribution in [0.5, 0.6) is 5.75 Å². The van der Waals surface area contributed by atoms with Gasteiger partial charge in [-0.2, -0.15) is 0 Å². The molecule has 0 aliphatic carbocycles. The molecule has 112 valence electrons. The van der Waals surface area contributed by atoms with Crippen LogP contribution in [-0.4, -0.2) is 16.8 Å². The number of thioether (sulfide) groups is 1. The summed E-state index contributed by atoms with van der Waals surface area (Å²) in [6, 6.07) is 5.78. The number of thiocarbonyl (C=S) groups is 1. The van der Waals surface area contributed by atoms with Crippen LogP contribution in [-0.2, 0) is 4.79 Å². The average Bonchev–Trinajstić information content (AvgIpc) is 2.70. The largest absolute Gasteiger partial charge is 0.493 e. The molecule has 0 unspecified atom stereocenters. The molecule has 0 spiro atoms. The molecule has 1 aliphatic heterocycles. The van der Waals surface area contributed by atoms with Crippen molar-refractivity contribution < 1.29 is 9.53 Å². The number of amides is 1. The molecule has 0 saturated carbocycles. The second-order valence-electron chi connectivity index (χ2n) is 5.07. The van der Waals surface area contributed by atoms with Gasteiger partial charge in [0.05, 0.1) is 11.5 Å². The molecule has 1 aliphatic rings. The summed E-state index contributed by atoms with van der Waals surface area (Å²) in [5.74, 6) is 1.21. The summed E-state index contributed by atoms with van der Waals surface area (Å²) in [4.78, 5) is 12.3. The summed E-state index contributed by atoms with van der Waals surface area (Å²) in [6.45, 7) is 4.98. The first-order valence-electron chi connectivity index (χ1n) is 6.63. The van der Waals surface area contributed by atoms with E-state index in [1.807, 2.05) is 24.3 Å². The summed E-state index contributed by atoms with van der Waals surface area (Å²) in [6.07, 6.45) is 2.81. The highest BCUT2D eigenvalue weighted by atomic mass is 79.9. The Morgan fingerprint density at radius 2 is 2.24 bits per heavy atom. The van der Waals surface area contributed by atoms with Crippen LogP contribution in [0.3, 0.4) is 0 Å². The fourth-order valence-corrected chi connectivity index (χ4v) is 3.14. The lowest BCUT2D eigenvalue weighted by Crippen LogP contribution is -2.17. The number of hydrogen-bond acceptors (Lipinski definition) is 4. The van der Waals surface area contributed by atoms with E-state index in [4.69, 9.17) is 17.0 Å². The Bertz CT molecular complexity index is 599. The highest BCUT2D eigenvalue weighted by Crippen LogP contribution is 2.31. The molecule has 21 heavy (non-hydrogen) atoms. The first kappa shape index (κ1) is 16.5. The van der Waals surface area contributed by atoms with Gasteiger partial charge in [-0.25, -0.2) is 0 Å². The number of hydrogen-bond donors (Lipinski definition) is 1. The summed E-state index contributed by atoms with van der Waals surface area (Å²) >= 11 is 9.72. The molecule has 1 fully saturated rings. The van der Waals surface area contributed by atoms with Gasteiger partial charge in [-0.3, -0.25) is 4.79 Å². The minimum atomic E-state index is -0.155. The van der Waals surface area contributed by atoms with Crippen molar-refractivity contribution in [2.45, 2.75) is 20.3 Å². The maximum Gasteiger partial charge on any atom is 0.263 e. The fraction of sp³-hybridized carbons (Fsp3) is 0.333. The summed E-state index contributed by atoms with van der Waals surface area (Å²) < 4.78 is 7.27. The molecule has 0 bridgehead atoms. The maximum atomic E-state index is 11.7. The van der Waals surface area contributed by atoms with Crippen molar-refractivity contribution in [3.8, 4) is 5.75 Å². The first-order valence-corrected chi connectivity index (χ1v) is 8.64. The molecule has 3 nitrogen and oxygen atoms in total. The third-order valence-corrected chi connectivity index (χ3v) is 4.51. The van der Waals surface area contributed by atoms with Gasteiger partial charge in [-0.1, -0.05) is 53.8 Å². The third kappa shape index (κ3) is 4.83. The average molecular weight is 386 g/mol. The van der Waals surface area contributed by atoms with E-state index in [1.165, 1.54) is 11.8 Å². The van der Waals surface area contributed by atoms with Crippen LogP contribution in [0, 0.1) is 5.92 Å². The third-order valence-electron chi connectivity index (χ3n) is 2.85. The number of carbonyl (C=O) groups excluding carboxylic acids is 1. The first-order chi connectivity index (χ1) is 9.95. The lowest BCUT2D eigenvalue weighted by Gasteiger charge is -2.11. The van der Waals surface area contributed by atoms with Crippen molar-refractivity contribution in [3.63, 3.8) is 0 Å². The molecule has 0 aromatic heterocycles. The van der Waals surface area contributed by atoms with Crippen LogP contribution in [0.15, 0.2) is 27.6 Å². The van der Waals surface area contributed by atoms with Crippen LogP contribution in [0.4, 0.5) is 0 Å². The van der Waals surface area contributed by atoms with E-state index in [-0.39, 0.29) is 5.91 Å². The number of benzene rings is 1. The monoisotopic (exact) mass is 385 g/mol. The molecular formula is C15H16BrNO2S2. The normalized spacial score (nSPS) is 16.7. The van der Waals surface area contributed by atoms with E-state index in [0.717, 1.165) is 22.2 Å². The number of ether oxygens (including phenoxy) is 1. The van der Waals surface area contributed by atoms with E-state index in [9.17, 15) is 4.79 Å². The lowest BCUT2D eigenvalue weighted by atomic mass is 10.1. The second-order valence-corrected chi connectivity index (χ2v) is 7.70. The zero-order chi connectivity index (χ0) is 15.4. The Balaban J connectivity index is 2.21. The molecule has 1 heterocycles. The van der Waals surface area contributed by atoms with Gasteiger partial charge in [0.25, 0.3) is 5.91 Å². The van der Waals surface area contributed by atoms with Gasteiger partial charge < -0.3 is 10.1 Å². The predicted octanol–water partition coefficient (Wildman–Crippen LogP) is 4.36. The molecule has 6 heteroatoms. The van der Waals surface area contributed by atoms with Crippen LogP contribution < -0.4 is 10.1 Å². The molecule has 1 amide bonds. The summed E-state index contributed by atoms with van der Waals surface area (Å²) in [5, 5.41) is 2.61. The molecule has 1 N–H and O–H groups in total. The quantitative estimate of drug-likeness (QED) is 0.603. The Hall–Kier alpha value is -0.850. The molecule has 0 atom stereocenters. The van der Waals surface area contributed by atoms with Crippen LogP contribution in [0.1, 0.15) is 25.8 Å². The van der Waals surface area contributed by atoms with Crippen molar-refractivity contribution in [3.05, 3.63) is 33.1 Å². The van der Waals surface area contributed by atoms with Gasteiger partial charge >= 0.3 is 0 Å². The highest BCUT2D eigenvalue weighted by molar-refractivity contribution is 9.10. The Morgan fingerprint density at radius 1 is 1.48 bits per heavy atom. The predicted molar refractivity (Wildman–Crippen MR) is 95.4 cm³/mol. The van der Waals surface area contributed by atoms with E-state index >= 15 is 0 Å². The highest BCUT2D eigenvalue weighted by Gasteiger charge is 2.22. The smallest absolute Gasteiger partial charge is 0.263 e. The number of carbonyl (C=O) groups is 1. The molecule has 2 rings (SSSR count). The van der Waals surface area contributed by atoms with Crippen molar-refractivity contribution in [1.29, 1.82) is 0 Å². The molecular weight excluding hydrogens is 370 g/mol. The minimum absolute atomic E-state index is 0.155. The number of halogens is 1. The maximum absolute atomic E-state index is 11.7. The van der Waals surface area contributed by atoms with Gasteiger partial charge in [-0.05, 0) is 36.6 Å². The van der Waals surface area contributed by atoms with Gasteiger partial charge in [0, 0.05) is 10.0 Å². The van der Waals surface area contributed by atoms with Crippen molar-refractivity contribution in [2.24, 2.45) is 5.92 Å². The lowest BCUT2D eigenvalue weighted by molar-refractivity contribution is -0.115. The second kappa shape index (κ2) is 7.42. The van der Waals surface area contributed by atoms with Crippen LogP contribution in [0.25, 0.3) is 6.08 Å². The van der Waals surface area contributed by atoms with Crippen molar-refractivity contribution in [1.82, 2.24) is 5.32 Å². The zero-order valence-electron chi connectivity index (χ0n) is 11.8. The van der Waals surface area contributed by atoms with Crippen molar-refractivity contribution in [2.75, 3.05) is 6.61 Å². The Kier molecular flexibility index (Phi) is 5.84. The van der Waals surface area contributed by atoms with E-state index in [0.29, 0.717) is 21.8 Å². The van der Waals surface area contributed by atoms with Gasteiger partial charge in [0.2, 0.25) is 0 Å².